The van der Waals surface area contributed by atoms with Crippen LogP contribution in [0.15, 0.2) is 68.9 Å². The van der Waals surface area contributed by atoms with Crippen molar-refractivity contribution < 1.29 is 13.6 Å². The summed E-state index contributed by atoms with van der Waals surface area (Å²) in [6.45, 7) is 0. The van der Waals surface area contributed by atoms with E-state index in [9.17, 15) is 4.79 Å². The number of amides is 1. The van der Waals surface area contributed by atoms with E-state index < -0.39 is 0 Å². The molecule has 1 aliphatic heterocycles. The molecule has 0 bridgehead atoms. The highest BCUT2D eigenvalue weighted by molar-refractivity contribution is 6.42. The SMILES string of the molecule is O=C(c1ccco1)N1N=C(c2ccco2)CC1c1ccc(Cl)c(Cl)c1. The average Bonchev–Trinajstić information content (AvgIpc) is 3.37. The van der Waals surface area contributed by atoms with E-state index in [0.717, 1.165) is 5.56 Å². The van der Waals surface area contributed by atoms with E-state index in [0.29, 0.717) is 27.9 Å². The van der Waals surface area contributed by atoms with Gasteiger partial charge in [-0.2, -0.15) is 5.10 Å². The molecule has 0 N–H and O–H groups in total. The van der Waals surface area contributed by atoms with Gasteiger partial charge in [-0.1, -0.05) is 29.3 Å². The molecule has 0 fully saturated rings. The van der Waals surface area contributed by atoms with Gasteiger partial charge in [0, 0.05) is 6.42 Å². The number of hydrogen-bond acceptors (Lipinski definition) is 4. The molecule has 3 aromatic rings. The van der Waals surface area contributed by atoms with E-state index in [1.165, 1.54) is 11.3 Å². The maximum Gasteiger partial charge on any atom is 0.310 e. The van der Waals surface area contributed by atoms with Crippen molar-refractivity contribution in [2.75, 3.05) is 0 Å². The summed E-state index contributed by atoms with van der Waals surface area (Å²) < 4.78 is 10.7. The van der Waals surface area contributed by atoms with Gasteiger partial charge in [0.05, 0.1) is 28.6 Å². The van der Waals surface area contributed by atoms with Gasteiger partial charge < -0.3 is 8.83 Å². The zero-order valence-corrected chi connectivity index (χ0v) is 14.4. The number of nitrogens with zero attached hydrogens (tertiary/aromatic N) is 2. The Labute approximate surface area is 153 Å². The number of hydrogen-bond donors (Lipinski definition) is 0. The van der Waals surface area contributed by atoms with Gasteiger partial charge >= 0.3 is 5.91 Å². The summed E-state index contributed by atoms with van der Waals surface area (Å²) in [5.74, 6) is 0.511. The fraction of sp³-hybridized carbons (Fsp3) is 0.111. The number of halogens is 2. The molecular weight excluding hydrogens is 363 g/mol. The molecule has 5 nitrogen and oxygen atoms in total. The van der Waals surface area contributed by atoms with Crippen LogP contribution in [0.25, 0.3) is 0 Å². The highest BCUT2D eigenvalue weighted by Gasteiger charge is 2.35. The third-order valence-electron chi connectivity index (χ3n) is 3.98. The molecule has 25 heavy (non-hydrogen) atoms. The number of furan rings is 2. The van der Waals surface area contributed by atoms with E-state index in [1.54, 1.807) is 36.6 Å². The second-order valence-electron chi connectivity index (χ2n) is 5.54. The first-order chi connectivity index (χ1) is 12.1. The van der Waals surface area contributed by atoms with Gasteiger partial charge in [0.1, 0.15) is 11.5 Å². The predicted octanol–water partition coefficient (Wildman–Crippen LogP) is 5.17. The molecule has 1 aromatic carbocycles. The van der Waals surface area contributed by atoms with Gasteiger partial charge in [0.2, 0.25) is 0 Å². The van der Waals surface area contributed by atoms with E-state index in [-0.39, 0.29) is 17.7 Å². The summed E-state index contributed by atoms with van der Waals surface area (Å²) in [7, 11) is 0. The quantitative estimate of drug-likeness (QED) is 0.635. The Morgan fingerprint density at radius 1 is 1.08 bits per heavy atom. The van der Waals surface area contributed by atoms with Crippen LogP contribution in [0.3, 0.4) is 0 Å². The number of carbonyl (C=O) groups excluding carboxylic acids is 1. The van der Waals surface area contributed by atoms with Crippen molar-refractivity contribution >= 4 is 34.8 Å². The van der Waals surface area contributed by atoms with Crippen molar-refractivity contribution in [3.63, 3.8) is 0 Å². The first-order valence-electron chi connectivity index (χ1n) is 7.57. The van der Waals surface area contributed by atoms with Gasteiger partial charge in [-0.15, -0.1) is 0 Å². The topological polar surface area (TPSA) is 59.0 Å². The molecule has 0 saturated carbocycles. The van der Waals surface area contributed by atoms with Gasteiger partial charge in [0.25, 0.3) is 0 Å². The Bertz CT molecular complexity index is 933. The van der Waals surface area contributed by atoms with Gasteiger partial charge in [-0.3, -0.25) is 4.79 Å². The van der Waals surface area contributed by atoms with Crippen molar-refractivity contribution in [1.82, 2.24) is 5.01 Å². The fourth-order valence-electron chi connectivity index (χ4n) is 2.78. The third-order valence-corrected chi connectivity index (χ3v) is 4.72. The molecule has 126 valence electrons. The maximum absolute atomic E-state index is 12.8. The maximum atomic E-state index is 12.8. The van der Waals surface area contributed by atoms with Crippen LogP contribution in [0, 0.1) is 0 Å². The molecular formula is C18H12Cl2N2O3. The monoisotopic (exact) mass is 374 g/mol. The molecule has 1 amide bonds. The van der Waals surface area contributed by atoms with Crippen molar-refractivity contribution in [3.05, 3.63) is 82.1 Å². The van der Waals surface area contributed by atoms with Crippen LogP contribution in [0.1, 0.15) is 34.3 Å². The summed E-state index contributed by atoms with van der Waals surface area (Å²) >= 11 is 12.2. The zero-order valence-electron chi connectivity index (χ0n) is 12.9. The molecule has 7 heteroatoms. The Morgan fingerprint density at radius 3 is 2.56 bits per heavy atom. The van der Waals surface area contributed by atoms with E-state index in [4.69, 9.17) is 32.0 Å². The van der Waals surface area contributed by atoms with E-state index >= 15 is 0 Å². The summed E-state index contributed by atoms with van der Waals surface area (Å²) in [5, 5.41) is 6.75. The Balaban J connectivity index is 1.74. The average molecular weight is 375 g/mol. The standard InChI is InChI=1S/C18H12Cl2N2O3/c19-12-6-5-11(9-13(12)20)15-10-14(16-3-1-7-24-16)21-22(15)18(23)17-4-2-8-25-17/h1-9,15H,10H2. The number of benzene rings is 1. The molecule has 3 heterocycles. The third kappa shape index (κ3) is 2.97. The van der Waals surface area contributed by atoms with Gasteiger partial charge in [-0.25, -0.2) is 5.01 Å². The van der Waals surface area contributed by atoms with Crippen LogP contribution in [0.4, 0.5) is 0 Å². The van der Waals surface area contributed by atoms with Crippen LogP contribution in [-0.4, -0.2) is 16.6 Å². The summed E-state index contributed by atoms with van der Waals surface area (Å²) in [5.41, 5.74) is 1.51. The van der Waals surface area contributed by atoms with Crippen LogP contribution >= 0.6 is 23.2 Å². The normalized spacial score (nSPS) is 17.0. The predicted molar refractivity (Wildman–Crippen MR) is 93.9 cm³/mol. The molecule has 2 aromatic heterocycles. The van der Waals surface area contributed by atoms with E-state index in [2.05, 4.69) is 5.10 Å². The Hall–Kier alpha value is -2.50. The molecule has 0 saturated heterocycles. The Morgan fingerprint density at radius 2 is 1.88 bits per heavy atom. The highest BCUT2D eigenvalue weighted by Crippen LogP contribution is 2.36. The van der Waals surface area contributed by atoms with Crippen molar-refractivity contribution in [2.24, 2.45) is 5.10 Å². The first-order valence-corrected chi connectivity index (χ1v) is 8.32. The fourth-order valence-corrected chi connectivity index (χ4v) is 3.09. The van der Waals surface area contributed by atoms with Crippen LogP contribution < -0.4 is 0 Å². The molecule has 1 atom stereocenters. The summed E-state index contributed by atoms with van der Waals surface area (Å²) in [4.78, 5) is 12.8. The van der Waals surface area contributed by atoms with Crippen molar-refractivity contribution in [2.45, 2.75) is 12.5 Å². The molecule has 0 aliphatic carbocycles. The van der Waals surface area contributed by atoms with Crippen LogP contribution in [0.5, 0.6) is 0 Å². The van der Waals surface area contributed by atoms with Crippen LogP contribution in [-0.2, 0) is 0 Å². The van der Waals surface area contributed by atoms with Crippen molar-refractivity contribution in [1.29, 1.82) is 0 Å². The van der Waals surface area contributed by atoms with Gasteiger partial charge in [-0.05, 0) is 42.0 Å². The lowest BCUT2D eigenvalue weighted by molar-refractivity contribution is 0.0678. The minimum atomic E-state index is -0.331. The van der Waals surface area contributed by atoms with Crippen molar-refractivity contribution in [3.8, 4) is 0 Å². The van der Waals surface area contributed by atoms with Crippen LogP contribution in [0.2, 0.25) is 10.0 Å². The van der Waals surface area contributed by atoms with Gasteiger partial charge in [0.15, 0.2) is 5.76 Å². The molecule has 0 spiro atoms. The molecule has 0 radical (unpaired) electrons. The number of rotatable bonds is 3. The lowest BCUT2D eigenvalue weighted by Crippen LogP contribution is -2.26. The second kappa shape index (κ2) is 6.43. The Kier molecular flexibility index (Phi) is 4.11. The minimum Gasteiger partial charge on any atom is -0.463 e. The molecule has 4 rings (SSSR count). The number of carbonyl (C=O) groups is 1. The lowest BCUT2D eigenvalue weighted by atomic mass is 10.0. The zero-order chi connectivity index (χ0) is 17.4. The highest BCUT2D eigenvalue weighted by atomic mass is 35.5. The second-order valence-corrected chi connectivity index (χ2v) is 6.36. The summed E-state index contributed by atoms with van der Waals surface area (Å²) in [6.07, 6.45) is 3.52. The first kappa shape index (κ1) is 16.0. The molecule has 1 unspecified atom stereocenters. The molecule has 1 aliphatic rings. The lowest BCUT2D eigenvalue weighted by Gasteiger charge is -2.21. The number of hydrazone groups is 1. The summed E-state index contributed by atoms with van der Waals surface area (Å²) in [6, 6.07) is 11.8. The largest absolute Gasteiger partial charge is 0.463 e. The van der Waals surface area contributed by atoms with E-state index in [1.807, 2.05) is 12.1 Å². The minimum absolute atomic E-state index is 0.217. The smallest absolute Gasteiger partial charge is 0.310 e.